The number of ether oxygens (including phenoxy) is 1. The number of rotatable bonds is 2. The summed E-state index contributed by atoms with van der Waals surface area (Å²) in [4.78, 5) is 38.7. The summed E-state index contributed by atoms with van der Waals surface area (Å²) in [5, 5.41) is 0.898. The van der Waals surface area contributed by atoms with Crippen LogP contribution in [0.3, 0.4) is 0 Å². The number of piperazine rings is 1. The van der Waals surface area contributed by atoms with Gasteiger partial charge in [0.1, 0.15) is 11.2 Å². The highest BCUT2D eigenvalue weighted by Crippen LogP contribution is 2.32. The Labute approximate surface area is 190 Å². The number of aromatic nitrogens is 3. The Hall–Kier alpha value is -2.16. The number of halogens is 1. The van der Waals surface area contributed by atoms with E-state index in [2.05, 4.69) is 25.8 Å². The Morgan fingerprint density at radius 2 is 1.81 bits per heavy atom. The van der Waals surface area contributed by atoms with Crippen molar-refractivity contribution >= 4 is 39.0 Å². The van der Waals surface area contributed by atoms with Crippen molar-refractivity contribution in [3.8, 4) is 0 Å². The third-order valence-corrected chi connectivity index (χ3v) is 6.96. The van der Waals surface area contributed by atoms with Crippen LogP contribution >= 0.6 is 15.9 Å². The van der Waals surface area contributed by atoms with Gasteiger partial charge in [0.15, 0.2) is 0 Å². The molecule has 4 rings (SSSR count). The van der Waals surface area contributed by atoms with Crippen molar-refractivity contribution < 1.29 is 9.53 Å². The topological polar surface area (TPSA) is 80.6 Å². The van der Waals surface area contributed by atoms with Crippen molar-refractivity contribution in [2.24, 2.45) is 0 Å². The molecule has 0 N–H and O–H groups in total. The Morgan fingerprint density at radius 1 is 1.16 bits per heavy atom. The second kappa shape index (κ2) is 8.41. The monoisotopic (exact) mass is 491 g/mol. The smallest absolute Gasteiger partial charge is 0.410 e. The third-order valence-electron chi connectivity index (χ3n) is 6.03. The molecule has 0 aromatic carbocycles. The summed E-state index contributed by atoms with van der Waals surface area (Å²) in [6, 6.07) is 0.179. The molecule has 1 amide bonds. The van der Waals surface area contributed by atoms with Crippen LogP contribution in [-0.4, -0.2) is 57.3 Å². The number of carbonyl (C=O) groups excluding carboxylic acids is 1. The van der Waals surface area contributed by atoms with Crippen molar-refractivity contribution in [1.29, 1.82) is 0 Å². The fourth-order valence-corrected chi connectivity index (χ4v) is 4.77. The van der Waals surface area contributed by atoms with E-state index in [-0.39, 0.29) is 17.7 Å². The van der Waals surface area contributed by atoms with Gasteiger partial charge < -0.3 is 14.5 Å². The number of pyridine rings is 1. The minimum atomic E-state index is -0.508. The predicted octanol–water partition coefficient (Wildman–Crippen LogP) is 4.03. The molecule has 8 nitrogen and oxygen atoms in total. The molecular weight excluding hydrogens is 462 g/mol. The second-order valence-corrected chi connectivity index (χ2v) is 10.2. The van der Waals surface area contributed by atoms with Crippen LogP contribution in [0.1, 0.15) is 58.1 Å². The molecule has 1 saturated carbocycles. The van der Waals surface area contributed by atoms with Crippen molar-refractivity contribution in [3.05, 3.63) is 26.6 Å². The van der Waals surface area contributed by atoms with Gasteiger partial charge in [-0.3, -0.25) is 9.36 Å². The zero-order chi connectivity index (χ0) is 22.3. The summed E-state index contributed by atoms with van der Waals surface area (Å²) in [5.41, 5.74) is 1.05. The first-order valence-electron chi connectivity index (χ1n) is 11.0. The van der Waals surface area contributed by atoms with Crippen LogP contribution in [0.4, 0.5) is 10.7 Å². The largest absolute Gasteiger partial charge is 0.444 e. The van der Waals surface area contributed by atoms with Crippen molar-refractivity contribution in [2.75, 3.05) is 31.1 Å². The zero-order valence-corrected chi connectivity index (χ0v) is 20.2. The molecule has 1 aliphatic heterocycles. The van der Waals surface area contributed by atoms with Gasteiger partial charge in [-0.05, 0) is 62.0 Å². The van der Waals surface area contributed by atoms with Gasteiger partial charge in [-0.2, -0.15) is 4.98 Å². The van der Waals surface area contributed by atoms with Gasteiger partial charge in [0.05, 0.1) is 4.47 Å². The van der Waals surface area contributed by atoms with Gasteiger partial charge in [-0.15, -0.1) is 0 Å². The fraction of sp³-hybridized carbons (Fsp3) is 0.636. The fourth-order valence-electron chi connectivity index (χ4n) is 4.36. The first-order valence-corrected chi connectivity index (χ1v) is 11.8. The van der Waals surface area contributed by atoms with Crippen LogP contribution in [-0.2, 0) is 4.74 Å². The molecule has 2 aromatic rings. The van der Waals surface area contributed by atoms with Gasteiger partial charge in [-0.25, -0.2) is 9.78 Å². The van der Waals surface area contributed by atoms with Crippen molar-refractivity contribution in [3.63, 3.8) is 0 Å². The third kappa shape index (κ3) is 4.42. The van der Waals surface area contributed by atoms with E-state index in [0.717, 1.165) is 36.6 Å². The Balaban J connectivity index is 1.61. The molecule has 0 spiro atoms. The number of hydrogen-bond donors (Lipinski definition) is 0. The number of nitrogens with zero attached hydrogens (tertiary/aromatic N) is 5. The molecule has 2 fully saturated rings. The highest BCUT2D eigenvalue weighted by molar-refractivity contribution is 9.10. The SMILES string of the molecule is Cc1c(Br)c(=O)n(C2CCCC2)c2nc(N3CCN(C(=O)OC(C)(C)C)CC3)ncc12. The molecule has 168 valence electrons. The van der Waals surface area contributed by atoms with E-state index in [1.54, 1.807) is 4.90 Å². The average molecular weight is 492 g/mol. The van der Waals surface area contributed by atoms with Crippen LogP contribution in [0.2, 0.25) is 0 Å². The van der Waals surface area contributed by atoms with E-state index in [0.29, 0.717) is 42.2 Å². The summed E-state index contributed by atoms with van der Waals surface area (Å²) in [6.45, 7) is 9.87. The number of anilines is 1. The maximum atomic E-state index is 13.1. The molecule has 0 radical (unpaired) electrons. The highest BCUT2D eigenvalue weighted by Gasteiger charge is 2.28. The van der Waals surface area contributed by atoms with Crippen LogP contribution in [0.25, 0.3) is 11.0 Å². The van der Waals surface area contributed by atoms with Crippen molar-refractivity contribution in [2.45, 2.75) is 65.0 Å². The summed E-state index contributed by atoms with van der Waals surface area (Å²) in [7, 11) is 0. The summed E-state index contributed by atoms with van der Waals surface area (Å²) in [6.07, 6.45) is 5.80. The number of aryl methyl sites for hydroxylation is 1. The van der Waals surface area contributed by atoms with E-state index >= 15 is 0 Å². The first kappa shape index (κ1) is 22.0. The number of carbonyl (C=O) groups is 1. The van der Waals surface area contributed by atoms with Crippen LogP contribution in [0.15, 0.2) is 15.5 Å². The van der Waals surface area contributed by atoms with Gasteiger partial charge in [0.2, 0.25) is 5.95 Å². The van der Waals surface area contributed by atoms with Gasteiger partial charge in [-0.1, -0.05) is 12.8 Å². The van der Waals surface area contributed by atoms with E-state index < -0.39 is 5.60 Å². The van der Waals surface area contributed by atoms with Gasteiger partial charge >= 0.3 is 6.09 Å². The molecule has 1 aliphatic carbocycles. The minimum absolute atomic E-state index is 0.0173. The van der Waals surface area contributed by atoms with Crippen molar-refractivity contribution in [1.82, 2.24) is 19.4 Å². The number of hydrogen-bond acceptors (Lipinski definition) is 6. The summed E-state index contributed by atoms with van der Waals surface area (Å²) in [5.74, 6) is 0.601. The maximum Gasteiger partial charge on any atom is 0.410 e. The highest BCUT2D eigenvalue weighted by atomic mass is 79.9. The summed E-state index contributed by atoms with van der Waals surface area (Å²) < 4.78 is 7.94. The lowest BCUT2D eigenvalue weighted by Crippen LogP contribution is -2.50. The quantitative estimate of drug-likeness (QED) is 0.630. The maximum absolute atomic E-state index is 13.1. The molecule has 3 heterocycles. The van der Waals surface area contributed by atoms with E-state index in [4.69, 9.17) is 9.72 Å². The molecule has 1 saturated heterocycles. The Kier molecular flexibility index (Phi) is 5.98. The van der Waals surface area contributed by atoms with E-state index in [1.165, 1.54) is 0 Å². The molecule has 0 atom stereocenters. The standard InChI is InChI=1S/C22H30BrN5O3/c1-14-16-13-24-20(26-9-11-27(12-10-26)21(30)31-22(2,3)4)25-18(16)28(19(29)17(14)23)15-7-5-6-8-15/h13,15H,5-12H2,1-4H3. The molecule has 9 heteroatoms. The first-order chi connectivity index (χ1) is 14.7. The molecule has 31 heavy (non-hydrogen) atoms. The van der Waals surface area contributed by atoms with Crippen LogP contribution in [0, 0.1) is 6.92 Å². The summed E-state index contributed by atoms with van der Waals surface area (Å²) >= 11 is 3.49. The molecule has 0 bridgehead atoms. The van der Waals surface area contributed by atoms with Crippen LogP contribution in [0.5, 0.6) is 0 Å². The lowest BCUT2D eigenvalue weighted by molar-refractivity contribution is 0.0240. The number of amides is 1. The lowest BCUT2D eigenvalue weighted by atomic mass is 10.1. The normalized spacial score (nSPS) is 18.1. The van der Waals surface area contributed by atoms with Gasteiger partial charge in [0.25, 0.3) is 5.56 Å². The molecular formula is C22H30BrN5O3. The minimum Gasteiger partial charge on any atom is -0.444 e. The molecule has 0 unspecified atom stereocenters. The predicted molar refractivity (Wildman–Crippen MR) is 124 cm³/mol. The van der Waals surface area contributed by atoms with E-state index in [1.807, 2.05) is 38.5 Å². The second-order valence-electron chi connectivity index (χ2n) is 9.41. The molecule has 2 aromatic heterocycles. The zero-order valence-electron chi connectivity index (χ0n) is 18.7. The Morgan fingerprint density at radius 3 is 2.42 bits per heavy atom. The Bertz CT molecular complexity index is 1050. The van der Waals surface area contributed by atoms with E-state index in [9.17, 15) is 9.59 Å². The lowest BCUT2D eigenvalue weighted by Gasteiger charge is -2.35. The van der Waals surface area contributed by atoms with Gasteiger partial charge in [0, 0.05) is 43.8 Å². The molecule has 2 aliphatic rings. The number of fused-ring (bicyclic) bond motifs is 1. The average Bonchev–Trinajstić information content (AvgIpc) is 3.25. The van der Waals surface area contributed by atoms with Crippen LogP contribution < -0.4 is 10.5 Å².